The van der Waals surface area contributed by atoms with Crippen LogP contribution < -0.4 is 5.73 Å². The molecule has 1 aliphatic heterocycles. The highest BCUT2D eigenvalue weighted by atomic mass is 16.3. The van der Waals surface area contributed by atoms with E-state index in [1.807, 2.05) is 53.5 Å². The highest BCUT2D eigenvalue weighted by Crippen LogP contribution is 2.29. The van der Waals surface area contributed by atoms with E-state index in [-0.39, 0.29) is 11.7 Å². The number of phenolic OH excluding ortho intramolecular Hbond substituents is 1. The molecule has 0 aliphatic carbocycles. The molecule has 3 aromatic carbocycles. The number of hydrogen-bond donors (Lipinski definition) is 2. The third kappa shape index (κ3) is 5.22. The van der Waals surface area contributed by atoms with Crippen molar-refractivity contribution in [1.29, 1.82) is 0 Å². The number of rotatable bonds is 5. The highest BCUT2D eigenvalue weighted by molar-refractivity contribution is 5.95. The molecule has 1 amide bonds. The van der Waals surface area contributed by atoms with Gasteiger partial charge in [-0.3, -0.25) is 4.79 Å². The molecule has 4 heteroatoms. The van der Waals surface area contributed by atoms with Gasteiger partial charge in [0.25, 0.3) is 5.91 Å². The summed E-state index contributed by atoms with van der Waals surface area (Å²) in [6.07, 6.45) is 5.91. The third-order valence-corrected chi connectivity index (χ3v) is 5.94. The van der Waals surface area contributed by atoms with E-state index in [0.717, 1.165) is 48.2 Å². The molecule has 158 valence electrons. The molecular weight excluding hydrogens is 384 g/mol. The van der Waals surface area contributed by atoms with Crippen LogP contribution in [-0.2, 0) is 6.54 Å². The number of carbonyl (C=O) groups excluding carboxylic acids is 1. The van der Waals surface area contributed by atoms with E-state index in [0.29, 0.717) is 12.5 Å². The second-order valence-corrected chi connectivity index (χ2v) is 8.07. The van der Waals surface area contributed by atoms with Crippen LogP contribution in [0.3, 0.4) is 0 Å². The zero-order valence-corrected chi connectivity index (χ0v) is 17.6. The van der Waals surface area contributed by atoms with Gasteiger partial charge in [0.15, 0.2) is 0 Å². The molecule has 3 N–H and O–H groups in total. The smallest absolute Gasteiger partial charge is 0.253 e. The lowest BCUT2D eigenvalue weighted by atomic mass is 9.88. The van der Waals surface area contributed by atoms with Crippen molar-refractivity contribution in [2.24, 2.45) is 5.73 Å². The van der Waals surface area contributed by atoms with Crippen LogP contribution in [0.2, 0.25) is 0 Å². The van der Waals surface area contributed by atoms with Gasteiger partial charge >= 0.3 is 0 Å². The van der Waals surface area contributed by atoms with Crippen LogP contribution in [0.1, 0.15) is 51.4 Å². The summed E-state index contributed by atoms with van der Waals surface area (Å²) in [5.41, 5.74) is 11.0. The average Bonchev–Trinajstić information content (AvgIpc) is 2.83. The fraction of sp³-hybridized carbons (Fsp3) is 0.222. The van der Waals surface area contributed by atoms with Gasteiger partial charge in [-0.2, -0.15) is 0 Å². The second-order valence-electron chi connectivity index (χ2n) is 8.07. The van der Waals surface area contributed by atoms with Gasteiger partial charge < -0.3 is 15.7 Å². The first kappa shape index (κ1) is 20.9. The minimum Gasteiger partial charge on any atom is -0.508 e. The Morgan fingerprint density at radius 1 is 0.935 bits per heavy atom. The molecule has 0 saturated carbocycles. The molecule has 4 nitrogen and oxygen atoms in total. The summed E-state index contributed by atoms with van der Waals surface area (Å²) in [4.78, 5) is 15.0. The molecule has 0 radical (unpaired) electrons. The van der Waals surface area contributed by atoms with Crippen molar-refractivity contribution in [3.8, 4) is 5.75 Å². The molecule has 0 spiro atoms. The summed E-state index contributed by atoms with van der Waals surface area (Å²) >= 11 is 0. The Hall–Kier alpha value is -3.37. The Morgan fingerprint density at radius 2 is 1.65 bits per heavy atom. The Balaban J connectivity index is 1.39. The fourth-order valence-corrected chi connectivity index (χ4v) is 4.13. The van der Waals surface area contributed by atoms with Gasteiger partial charge in [-0.05, 0) is 65.3 Å². The van der Waals surface area contributed by atoms with Gasteiger partial charge in [-0.25, -0.2) is 0 Å². The summed E-state index contributed by atoms with van der Waals surface area (Å²) in [6, 6.07) is 23.3. The van der Waals surface area contributed by atoms with Crippen molar-refractivity contribution in [3.05, 3.63) is 101 Å². The molecule has 31 heavy (non-hydrogen) atoms. The van der Waals surface area contributed by atoms with Crippen LogP contribution in [0.25, 0.3) is 12.2 Å². The van der Waals surface area contributed by atoms with E-state index in [2.05, 4.69) is 24.3 Å². The Morgan fingerprint density at radius 3 is 2.39 bits per heavy atom. The number of amides is 1. The first-order chi connectivity index (χ1) is 15.1. The topological polar surface area (TPSA) is 66.6 Å². The van der Waals surface area contributed by atoms with Crippen molar-refractivity contribution >= 4 is 18.1 Å². The van der Waals surface area contributed by atoms with Gasteiger partial charge in [0.05, 0.1) is 0 Å². The summed E-state index contributed by atoms with van der Waals surface area (Å²) in [7, 11) is 0. The van der Waals surface area contributed by atoms with E-state index in [4.69, 9.17) is 5.73 Å². The molecule has 1 saturated heterocycles. The number of nitrogens with two attached hydrogens (primary N) is 1. The minimum atomic E-state index is 0.0917. The number of aromatic hydroxyl groups is 1. The summed E-state index contributed by atoms with van der Waals surface area (Å²) in [5, 5.41) is 9.40. The lowest BCUT2D eigenvalue weighted by molar-refractivity contribution is 0.0713. The lowest BCUT2D eigenvalue weighted by Crippen LogP contribution is -2.37. The maximum Gasteiger partial charge on any atom is 0.253 e. The molecule has 0 unspecified atom stereocenters. The minimum absolute atomic E-state index is 0.0917. The molecule has 0 atom stereocenters. The molecule has 0 aromatic heterocycles. The number of carbonyl (C=O) groups is 1. The maximum atomic E-state index is 13.1. The number of phenols is 1. The van der Waals surface area contributed by atoms with Crippen LogP contribution in [0.4, 0.5) is 0 Å². The Bertz CT molecular complexity index is 1060. The van der Waals surface area contributed by atoms with Crippen LogP contribution in [0.5, 0.6) is 5.75 Å². The van der Waals surface area contributed by atoms with Gasteiger partial charge in [-0.15, -0.1) is 0 Å². The molecule has 3 aromatic rings. The zero-order valence-electron chi connectivity index (χ0n) is 17.6. The highest BCUT2D eigenvalue weighted by Gasteiger charge is 2.24. The normalized spacial score (nSPS) is 14.8. The van der Waals surface area contributed by atoms with E-state index in [1.54, 1.807) is 12.1 Å². The van der Waals surface area contributed by atoms with E-state index >= 15 is 0 Å². The molecule has 4 rings (SSSR count). The quantitative estimate of drug-likeness (QED) is 0.577. The van der Waals surface area contributed by atoms with Crippen LogP contribution in [0.15, 0.2) is 72.8 Å². The van der Waals surface area contributed by atoms with E-state index < -0.39 is 0 Å². The van der Waals surface area contributed by atoms with Gasteiger partial charge in [0.2, 0.25) is 0 Å². The average molecular weight is 413 g/mol. The van der Waals surface area contributed by atoms with Crippen molar-refractivity contribution in [2.45, 2.75) is 25.3 Å². The number of benzene rings is 3. The monoisotopic (exact) mass is 412 g/mol. The van der Waals surface area contributed by atoms with Gasteiger partial charge in [0, 0.05) is 25.2 Å². The first-order valence-corrected chi connectivity index (χ1v) is 10.8. The number of likely N-dealkylation sites (tertiary alicyclic amines) is 1. The number of hydrogen-bond acceptors (Lipinski definition) is 3. The molecule has 1 fully saturated rings. The number of nitrogens with zero attached hydrogens (tertiary/aromatic N) is 1. The predicted octanol–water partition coefficient (Wildman–Crippen LogP) is 5.04. The van der Waals surface area contributed by atoms with Gasteiger partial charge in [0.1, 0.15) is 5.75 Å². The molecule has 1 heterocycles. The predicted molar refractivity (Wildman–Crippen MR) is 126 cm³/mol. The molecule has 1 aliphatic rings. The van der Waals surface area contributed by atoms with Crippen molar-refractivity contribution in [2.75, 3.05) is 13.1 Å². The third-order valence-electron chi connectivity index (χ3n) is 5.94. The van der Waals surface area contributed by atoms with Gasteiger partial charge in [-0.1, -0.05) is 60.7 Å². The lowest BCUT2D eigenvalue weighted by Gasteiger charge is -2.32. The second kappa shape index (κ2) is 9.63. The molecular formula is C27H28N2O2. The summed E-state index contributed by atoms with van der Waals surface area (Å²) in [5.74, 6) is 0.824. The number of piperidine rings is 1. The standard InChI is InChI=1S/C27H28N2O2/c28-19-22-4-2-5-24(18-22)23-13-15-29(16-14-23)27(31)25-6-1-3-21(17-25)8-7-20-9-11-26(30)12-10-20/h1-12,17-18,23,30H,13-16,19,28H2/b8-7-. The van der Waals surface area contributed by atoms with Crippen LogP contribution in [-0.4, -0.2) is 29.0 Å². The van der Waals surface area contributed by atoms with E-state index in [1.165, 1.54) is 5.56 Å². The SMILES string of the molecule is NCc1cccc(C2CCN(C(=O)c3cccc(/C=C\c4ccc(O)cc4)c3)CC2)c1. The molecule has 0 bridgehead atoms. The largest absolute Gasteiger partial charge is 0.508 e. The van der Waals surface area contributed by atoms with Crippen molar-refractivity contribution in [1.82, 2.24) is 4.90 Å². The van der Waals surface area contributed by atoms with E-state index in [9.17, 15) is 9.90 Å². The van der Waals surface area contributed by atoms with Crippen molar-refractivity contribution < 1.29 is 9.90 Å². The van der Waals surface area contributed by atoms with Crippen LogP contribution in [0, 0.1) is 0 Å². The summed E-state index contributed by atoms with van der Waals surface area (Å²) in [6.45, 7) is 2.09. The first-order valence-electron chi connectivity index (χ1n) is 10.8. The van der Waals surface area contributed by atoms with Crippen LogP contribution >= 0.6 is 0 Å². The summed E-state index contributed by atoms with van der Waals surface area (Å²) < 4.78 is 0. The Labute approximate surface area is 183 Å². The zero-order chi connectivity index (χ0) is 21.6. The van der Waals surface area contributed by atoms with Crippen molar-refractivity contribution in [3.63, 3.8) is 0 Å². The fourth-order valence-electron chi connectivity index (χ4n) is 4.13. The Kier molecular flexibility index (Phi) is 6.48. The maximum absolute atomic E-state index is 13.1.